The van der Waals surface area contributed by atoms with Crippen LogP contribution in [0.2, 0.25) is 0 Å². The molecule has 2 aromatic rings. The van der Waals surface area contributed by atoms with E-state index in [0.717, 1.165) is 17.6 Å². The number of nitrogens with zero attached hydrogens (tertiary/aromatic N) is 2. The van der Waals surface area contributed by atoms with Crippen LogP contribution in [0.5, 0.6) is 0 Å². The van der Waals surface area contributed by atoms with Gasteiger partial charge in [0.15, 0.2) is 0 Å². The highest BCUT2D eigenvalue weighted by molar-refractivity contribution is 5.96. The van der Waals surface area contributed by atoms with E-state index in [4.69, 9.17) is 9.26 Å². The normalized spacial score (nSPS) is 10.9. The first-order chi connectivity index (χ1) is 9.72. The highest BCUT2D eigenvalue weighted by Gasteiger charge is 2.10. The van der Waals surface area contributed by atoms with Gasteiger partial charge in [-0.05, 0) is 13.0 Å². The number of pyridine rings is 1. The first-order valence-electron chi connectivity index (χ1n) is 6.42. The van der Waals surface area contributed by atoms with Crippen molar-refractivity contribution in [2.24, 2.45) is 0 Å². The van der Waals surface area contributed by atoms with Gasteiger partial charge in [0, 0.05) is 32.9 Å². The molecule has 0 aliphatic rings. The maximum atomic E-state index is 12.0. The Morgan fingerprint density at radius 3 is 3.05 bits per heavy atom. The zero-order valence-corrected chi connectivity index (χ0v) is 11.6. The van der Waals surface area contributed by atoms with E-state index in [9.17, 15) is 4.79 Å². The molecule has 2 N–H and O–H groups in total. The Morgan fingerprint density at radius 2 is 2.25 bits per heavy atom. The summed E-state index contributed by atoms with van der Waals surface area (Å²) in [5.74, 6) is -0.159. The molecule has 0 radical (unpaired) electrons. The average molecular weight is 278 g/mol. The minimum Gasteiger partial charge on any atom is -0.383 e. The highest BCUT2D eigenvalue weighted by Crippen LogP contribution is 2.16. The summed E-state index contributed by atoms with van der Waals surface area (Å²) in [5.41, 5.74) is 1.67. The molecule has 0 atom stereocenters. The van der Waals surface area contributed by atoms with Crippen LogP contribution < -0.4 is 10.6 Å². The van der Waals surface area contributed by atoms with Crippen molar-refractivity contribution < 1.29 is 14.1 Å². The SMILES string of the molecule is COCCNCCNC(=O)c1cnc2onc(C)c2c1. The molecule has 2 rings (SSSR count). The molecule has 0 aliphatic heterocycles. The van der Waals surface area contributed by atoms with E-state index < -0.39 is 0 Å². The van der Waals surface area contributed by atoms with Crippen LogP contribution in [-0.4, -0.2) is 49.4 Å². The number of amides is 1. The number of nitrogens with one attached hydrogen (secondary N) is 2. The third-order valence-corrected chi connectivity index (χ3v) is 2.84. The number of fused-ring (bicyclic) bond motifs is 1. The fraction of sp³-hybridized carbons (Fsp3) is 0.462. The molecule has 20 heavy (non-hydrogen) atoms. The molecule has 2 heterocycles. The minimum absolute atomic E-state index is 0.159. The molecular formula is C13H18N4O3. The number of hydrogen-bond donors (Lipinski definition) is 2. The summed E-state index contributed by atoms with van der Waals surface area (Å²) in [4.78, 5) is 16.0. The molecule has 0 fully saturated rings. The summed E-state index contributed by atoms with van der Waals surface area (Å²) in [6, 6.07) is 1.74. The van der Waals surface area contributed by atoms with Crippen LogP contribution in [0.25, 0.3) is 11.1 Å². The van der Waals surface area contributed by atoms with Gasteiger partial charge in [0.2, 0.25) is 0 Å². The molecule has 1 amide bonds. The minimum atomic E-state index is -0.159. The molecule has 2 aromatic heterocycles. The maximum absolute atomic E-state index is 12.0. The average Bonchev–Trinajstić information content (AvgIpc) is 2.83. The van der Waals surface area contributed by atoms with E-state index in [1.165, 1.54) is 6.20 Å². The van der Waals surface area contributed by atoms with E-state index in [2.05, 4.69) is 20.8 Å². The number of carbonyl (C=O) groups is 1. The van der Waals surface area contributed by atoms with Crippen molar-refractivity contribution in [2.75, 3.05) is 33.4 Å². The Labute approximate surface area is 116 Å². The van der Waals surface area contributed by atoms with Crippen LogP contribution in [-0.2, 0) is 4.74 Å². The fourth-order valence-corrected chi connectivity index (χ4v) is 1.73. The lowest BCUT2D eigenvalue weighted by Crippen LogP contribution is -2.33. The summed E-state index contributed by atoms with van der Waals surface area (Å²) in [7, 11) is 1.65. The van der Waals surface area contributed by atoms with Gasteiger partial charge < -0.3 is 19.9 Å². The van der Waals surface area contributed by atoms with E-state index >= 15 is 0 Å². The molecule has 0 spiro atoms. The summed E-state index contributed by atoms with van der Waals surface area (Å²) >= 11 is 0. The third kappa shape index (κ3) is 3.52. The van der Waals surface area contributed by atoms with Gasteiger partial charge in [-0.25, -0.2) is 4.98 Å². The summed E-state index contributed by atoms with van der Waals surface area (Å²) in [6.07, 6.45) is 1.49. The smallest absolute Gasteiger partial charge is 0.257 e. The second-order valence-corrected chi connectivity index (χ2v) is 4.34. The molecule has 0 unspecified atom stereocenters. The quantitative estimate of drug-likeness (QED) is 0.717. The Balaban J connectivity index is 1.86. The maximum Gasteiger partial charge on any atom is 0.257 e. The van der Waals surface area contributed by atoms with Crippen LogP contribution in [0, 0.1) is 6.92 Å². The molecule has 0 aromatic carbocycles. The lowest BCUT2D eigenvalue weighted by atomic mass is 10.2. The van der Waals surface area contributed by atoms with Gasteiger partial charge in [-0.3, -0.25) is 4.79 Å². The standard InChI is InChI=1S/C13H18N4O3/c1-9-11-7-10(8-16-13(11)20-17-9)12(18)15-4-3-14-5-6-19-2/h7-8,14H,3-6H2,1-2H3,(H,15,18). The van der Waals surface area contributed by atoms with Gasteiger partial charge in [-0.15, -0.1) is 0 Å². The van der Waals surface area contributed by atoms with E-state index in [-0.39, 0.29) is 5.91 Å². The van der Waals surface area contributed by atoms with Gasteiger partial charge in [0.05, 0.1) is 23.3 Å². The number of ether oxygens (including phenoxy) is 1. The van der Waals surface area contributed by atoms with E-state index in [0.29, 0.717) is 31.0 Å². The van der Waals surface area contributed by atoms with Gasteiger partial charge in [0.1, 0.15) is 0 Å². The molecular weight excluding hydrogens is 260 g/mol. The summed E-state index contributed by atoms with van der Waals surface area (Å²) in [6.45, 7) is 4.47. The van der Waals surface area contributed by atoms with Crippen LogP contribution in [0.15, 0.2) is 16.8 Å². The monoisotopic (exact) mass is 278 g/mol. The van der Waals surface area contributed by atoms with Gasteiger partial charge in [-0.2, -0.15) is 0 Å². The number of carbonyl (C=O) groups excluding carboxylic acids is 1. The van der Waals surface area contributed by atoms with Crippen molar-refractivity contribution in [3.63, 3.8) is 0 Å². The number of methoxy groups -OCH3 is 1. The molecule has 0 saturated heterocycles. The third-order valence-electron chi connectivity index (χ3n) is 2.84. The predicted octanol–water partition coefficient (Wildman–Crippen LogP) is 0.497. The Bertz CT molecular complexity index is 582. The van der Waals surface area contributed by atoms with Crippen molar-refractivity contribution in [3.8, 4) is 0 Å². The Kier molecular flexibility index (Phi) is 5.03. The van der Waals surface area contributed by atoms with Crippen LogP contribution in [0.3, 0.4) is 0 Å². The molecule has 0 aliphatic carbocycles. The van der Waals surface area contributed by atoms with Crippen molar-refractivity contribution in [3.05, 3.63) is 23.5 Å². The highest BCUT2D eigenvalue weighted by atomic mass is 16.5. The lowest BCUT2D eigenvalue weighted by molar-refractivity contribution is 0.0953. The van der Waals surface area contributed by atoms with E-state index in [1.807, 2.05) is 6.92 Å². The zero-order valence-electron chi connectivity index (χ0n) is 11.6. The topological polar surface area (TPSA) is 89.3 Å². The second kappa shape index (κ2) is 6.97. The summed E-state index contributed by atoms with van der Waals surface area (Å²) in [5, 5.41) is 10.5. The first-order valence-corrected chi connectivity index (χ1v) is 6.42. The van der Waals surface area contributed by atoms with Crippen molar-refractivity contribution in [1.82, 2.24) is 20.8 Å². The van der Waals surface area contributed by atoms with Crippen LogP contribution in [0.1, 0.15) is 16.1 Å². The predicted molar refractivity (Wildman–Crippen MR) is 73.6 cm³/mol. The van der Waals surface area contributed by atoms with Gasteiger partial charge >= 0.3 is 0 Å². The molecule has 108 valence electrons. The van der Waals surface area contributed by atoms with Crippen LogP contribution in [0.4, 0.5) is 0 Å². The van der Waals surface area contributed by atoms with Gasteiger partial charge in [-0.1, -0.05) is 5.16 Å². The number of rotatable bonds is 7. The van der Waals surface area contributed by atoms with Crippen LogP contribution >= 0.6 is 0 Å². The van der Waals surface area contributed by atoms with Crippen molar-refractivity contribution in [2.45, 2.75) is 6.92 Å². The van der Waals surface area contributed by atoms with Gasteiger partial charge in [0.25, 0.3) is 11.6 Å². The Morgan fingerprint density at radius 1 is 1.40 bits per heavy atom. The number of aromatic nitrogens is 2. The van der Waals surface area contributed by atoms with Crippen molar-refractivity contribution >= 4 is 17.0 Å². The largest absolute Gasteiger partial charge is 0.383 e. The van der Waals surface area contributed by atoms with Crippen molar-refractivity contribution in [1.29, 1.82) is 0 Å². The zero-order chi connectivity index (χ0) is 14.4. The lowest BCUT2D eigenvalue weighted by Gasteiger charge is -2.06. The second-order valence-electron chi connectivity index (χ2n) is 4.34. The molecule has 7 nitrogen and oxygen atoms in total. The molecule has 7 heteroatoms. The summed E-state index contributed by atoms with van der Waals surface area (Å²) < 4.78 is 9.92. The number of aryl methyl sites for hydroxylation is 1. The van der Waals surface area contributed by atoms with E-state index in [1.54, 1.807) is 13.2 Å². The fourth-order valence-electron chi connectivity index (χ4n) is 1.73. The molecule has 0 bridgehead atoms. The molecule has 0 saturated carbocycles. The Hall–Kier alpha value is -1.99. The number of hydrogen-bond acceptors (Lipinski definition) is 6. The first kappa shape index (κ1) is 14.4.